The minimum atomic E-state index is 0.0841. The van der Waals surface area contributed by atoms with E-state index in [4.69, 9.17) is 10.5 Å². The zero-order valence-electron chi connectivity index (χ0n) is 11.9. The molecule has 1 saturated carbocycles. The number of carbonyl (C=O) groups excluding carboxylic acids is 1. The lowest BCUT2D eigenvalue weighted by molar-refractivity contribution is -0.122. The van der Waals surface area contributed by atoms with Gasteiger partial charge in [-0.15, -0.1) is 0 Å². The molecule has 0 unspecified atom stereocenters. The lowest BCUT2D eigenvalue weighted by Gasteiger charge is -2.16. The summed E-state index contributed by atoms with van der Waals surface area (Å²) in [5.41, 5.74) is 6.34. The lowest BCUT2D eigenvalue weighted by Crippen LogP contribution is -2.35. The second-order valence-corrected chi connectivity index (χ2v) is 5.43. The number of carbonyl (C=O) groups is 1. The van der Waals surface area contributed by atoms with Gasteiger partial charge in [-0.2, -0.15) is 0 Å². The Morgan fingerprint density at radius 3 is 2.70 bits per heavy atom. The number of rotatable bonds is 5. The van der Waals surface area contributed by atoms with Crippen molar-refractivity contribution in [3.63, 3.8) is 0 Å². The molecule has 0 saturated heterocycles. The van der Waals surface area contributed by atoms with Gasteiger partial charge in [-0.3, -0.25) is 4.79 Å². The molecule has 1 aromatic rings. The second-order valence-electron chi connectivity index (χ2n) is 5.43. The predicted molar refractivity (Wildman–Crippen MR) is 80.6 cm³/mol. The Balaban J connectivity index is 1.67. The maximum Gasteiger partial charge on any atom is 0.223 e. The third-order valence-electron chi connectivity index (χ3n) is 3.68. The standard InChI is InChI=1S/C16H24N2O2/c17-13-6-5-9-15(12-13)20-11-10-16(19)18-14-7-3-1-2-4-8-14/h5-6,9,12,14H,1-4,7-8,10-11,17H2,(H,18,19). The highest BCUT2D eigenvalue weighted by Gasteiger charge is 2.14. The van der Waals surface area contributed by atoms with Gasteiger partial charge in [0.25, 0.3) is 0 Å². The number of benzene rings is 1. The minimum absolute atomic E-state index is 0.0841. The molecule has 0 atom stereocenters. The number of ether oxygens (including phenoxy) is 1. The SMILES string of the molecule is Nc1cccc(OCCC(=O)NC2CCCCCC2)c1. The third-order valence-corrected chi connectivity index (χ3v) is 3.68. The number of hydrogen-bond acceptors (Lipinski definition) is 3. The Morgan fingerprint density at radius 2 is 2.00 bits per heavy atom. The summed E-state index contributed by atoms with van der Waals surface area (Å²) in [7, 11) is 0. The van der Waals surface area contributed by atoms with Crippen LogP contribution in [0.3, 0.4) is 0 Å². The maximum absolute atomic E-state index is 11.9. The van der Waals surface area contributed by atoms with Gasteiger partial charge in [0, 0.05) is 17.8 Å². The van der Waals surface area contributed by atoms with Crippen LogP contribution in [0, 0.1) is 0 Å². The molecular weight excluding hydrogens is 252 g/mol. The van der Waals surface area contributed by atoms with E-state index >= 15 is 0 Å². The summed E-state index contributed by atoms with van der Waals surface area (Å²) >= 11 is 0. The highest BCUT2D eigenvalue weighted by Crippen LogP contribution is 2.17. The van der Waals surface area contributed by atoms with Crippen LogP contribution in [0.25, 0.3) is 0 Å². The highest BCUT2D eigenvalue weighted by molar-refractivity contribution is 5.76. The third kappa shape index (κ3) is 5.11. The fourth-order valence-electron chi connectivity index (χ4n) is 2.59. The van der Waals surface area contributed by atoms with Crippen LogP contribution >= 0.6 is 0 Å². The Morgan fingerprint density at radius 1 is 1.25 bits per heavy atom. The lowest BCUT2D eigenvalue weighted by atomic mass is 10.1. The average Bonchev–Trinajstić information content (AvgIpc) is 2.67. The number of nitrogen functional groups attached to an aromatic ring is 1. The van der Waals surface area contributed by atoms with Gasteiger partial charge in [-0.25, -0.2) is 0 Å². The van der Waals surface area contributed by atoms with E-state index in [9.17, 15) is 4.79 Å². The molecule has 3 N–H and O–H groups in total. The Kier molecular flexibility index (Phi) is 5.71. The van der Waals surface area contributed by atoms with E-state index in [2.05, 4.69) is 5.32 Å². The van der Waals surface area contributed by atoms with E-state index in [1.165, 1.54) is 25.7 Å². The molecule has 0 heterocycles. The quantitative estimate of drug-likeness (QED) is 0.642. The molecule has 1 amide bonds. The normalized spacial score (nSPS) is 16.4. The molecule has 110 valence electrons. The monoisotopic (exact) mass is 276 g/mol. The van der Waals surface area contributed by atoms with Gasteiger partial charge >= 0.3 is 0 Å². The highest BCUT2D eigenvalue weighted by atomic mass is 16.5. The van der Waals surface area contributed by atoms with Crippen LogP contribution in [0.2, 0.25) is 0 Å². The first kappa shape index (κ1) is 14.7. The number of hydrogen-bond donors (Lipinski definition) is 2. The number of amides is 1. The van der Waals surface area contributed by atoms with E-state index in [0.29, 0.717) is 30.5 Å². The topological polar surface area (TPSA) is 64.3 Å². The number of anilines is 1. The summed E-state index contributed by atoms with van der Waals surface area (Å²) in [4.78, 5) is 11.9. The van der Waals surface area contributed by atoms with Gasteiger partial charge in [0.1, 0.15) is 5.75 Å². The summed E-state index contributed by atoms with van der Waals surface area (Å²) in [6.07, 6.45) is 7.67. The van der Waals surface area contributed by atoms with Crippen molar-refractivity contribution >= 4 is 11.6 Å². The molecule has 1 aromatic carbocycles. The summed E-state index contributed by atoms with van der Waals surface area (Å²) in [6.45, 7) is 0.391. The van der Waals surface area contributed by atoms with Gasteiger partial charge in [0.2, 0.25) is 5.91 Å². The van der Waals surface area contributed by atoms with Crippen molar-refractivity contribution in [3.05, 3.63) is 24.3 Å². The van der Waals surface area contributed by atoms with Gasteiger partial charge < -0.3 is 15.8 Å². The Hall–Kier alpha value is -1.71. The molecular formula is C16H24N2O2. The first-order valence-corrected chi connectivity index (χ1v) is 7.52. The van der Waals surface area contributed by atoms with Crippen LogP contribution in [-0.2, 0) is 4.79 Å². The van der Waals surface area contributed by atoms with Crippen molar-refractivity contribution in [2.75, 3.05) is 12.3 Å². The van der Waals surface area contributed by atoms with Gasteiger partial charge in [-0.05, 0) is 25.0 Å². The molecule has 1 fully saturated rings. The molecule has 20 heavy (non-hydrogen) atoms. The fourth-order valence-corrected chi connectivity index (χ4v) is 2.59. The van der Waals surface area contributed by atoms with Crippen molar-refractivity contribution in [2.45, 2.75) is 51.0 Å². The van der Waals surface area contributed by atoms with E-state index in [1.54, 1.807) is 6.07 Å². The summed E-state index contributed by atoms with van der Waals surface area (Å²) in [5.74, 6) is 0.799. The Bertz CT molecular complexity index is 426. The van der Waals surface area contributed by atoms with Gasteiger partial charge in [-0.1, -0.05) is 31.7 Å². The van der Waals surface area contributed by atoms with Crippen molar-refractivity contribution in [1.29, 1.82) is 0 Å². The maximum atomic E-state index is 11.9. The zero-order chi connectivity index (χ0) is 14.2. The van der Waals surface area contributed by atoms with Crippen LogP contribution in [-0.4, -0.2) is 18.6 Å². The van der Waals surface area contributed by atoms with E-state index < -0.39 is 0 Å². The molecule has 0 aromatic heterocycles. The van der Waals surface area contributed by atoms with Crippen molar-refractivity contribution < 1.29 is 9.53 Å². The molecule has 0 aliphatic heterocycles. The van der Waals surface area contributed by atoms with Crippen molar-refractivity contribution in [1.82, 2.24) is 5.32 Å². The number of nitrogens with two attached hydrogens (primary N) is 1. The van der Waals surface area contributed by atoms with Crippen LogP contribution < -0.4 is 15.8 Å². The minimum Gasteiger partial charge on any atom is -0.493 e. The smallest absolute Gasteiger partial charge is 0.223 e. The van der Waals surface area contributed by atoms with Crippen LogP contribution in [0.4, 0.5) is 5.69 Å². The molecule has 0 bridgehead atoms. The number of nitrogens with one attached hydrogen (secondary N) is 1. The molecule has 4 nitrogen and oxygen atoms in total. The average molecular weight is 276 g/mol. The molecule has 1 aliphatic rings. The Labute approximate surface area is 120 Å². The molecule has 2 rings (SSSR count). The summed E-state index contributed by atoms with van der Waals surface area (Å²) < 4.78 is 5.53. The van der Waals surface area contributed by atoms with Crippen molar-refractivity contribution in [3.8, 4) is 5.75 Å². The zero-order valence-corrected chi connectivity index (χ0v) is 11.9. The van der Waals surface area contributed by atoms with Crippen molar-refractivity contribution in [2.24, 2.45) is 0 Å². The van der Waals surface area contributed by atoms with Crippen LogP contribution in [0.5, 0.6) is 5.75 Å². The van der Waals surface area contributed by atoms with E-state index in [-0.39, 0.29) is 5.91 Å². The molecule has 1 aliphatic carbocycles. The fraction of sp³-hybridized carbons (Fsp3) is 0.562. The van der Waals surface area contributed by atoms with Gasteiger partial charge in [0.15, 0.2) is 0 Å². The van der Waals surface area contributed by atoms with E-state index in [0.717, 1.165) is 12.8 Å². The predicted octanol–water partition coefficient (Wildman–Crippen LogP) is 2.88. The summed E-state index contributed by atoms with van der Waals surface area (Å²) in [6, 6.07) is 7.63. The second kappa shape index (κ2) is 7.78. The first-order chi connectivity index (χ1) is 9.74. The summed E-state index contributed by atoms with van der Waals surface area (Å²) in [5, 5.41) is 3.11. The first-order valence-electron chi connectivity index (χ1n) is 7.52. The van der Waals surface area contributed by atoms with Crippen LogP contribution in [0.15, 0.2) is 24.3 Å². The van der Waals surface area contributed by atoms with E-state index in [1.807, 2.05) is 18.2 Å². The molecule has 0 spiro atoms. The largest absolute Gasteiger partial charge is 0.493 e. The molecule has 4 heteroatoms. The molecule has 0 radical (unpaired) electrons. The van der Waals surface area contributed by atoms with Gasteiger partial charge in [0.05, 0.1) is 13.0 Å². The van der Waals surface area contributed by atoms with Crippen LogP contribution in [0.1, 0.15) is 44.9 Å².